The number of furan rings is 1. The van der Waals surface area contributed by atoms with E-state index in [0.29, 0.717) is 6.04 Å². The van der Waals surface area contributed by atoms with E-state index in [4.69, 9.17) is 4.42 Å². The Morgan fingerprint density at radius 1 is 1.37 bits per heavy atom. The fraction of sp³-hybridized carbons (Fsp3) is 0.765. The van der Waals surface area contributed by atoms with Gasteiger partial charge in [-0.2, -0.15) is 0 Å². The first-order valence-electron chi connectivity index (χ1n) is 7.96. The van der Waals surface area contributed by atoms with Crippen molar-refractivity contribution in [2.75, 3.05) is 6.54 Å². The standard InChI is InChI=1S/C17H29NO/c1-4-9-18-17-8-7-14(13(2)3)11-15(17)12-16-6-5-10-19-16/h5-6,10,13-15,17-18H,4,7-9,11-12H2,1-3H3. The molecule has 19 heavy (non-hydrogen) atoms. The molecule has 2 heteroatoms. The average Bonchev–Trinajstić information content (AvgIpc) is 2.90. The smallest absolute Gasteiger partial charge is 0.104 e. The molecule has 108 valence electrons. The maximum atomic E-state index is 5.56. The first-order valence-corrected chi connectivity index (χ1v) is 7.96. The van der Waals surface area contributed by atoms with Crippen LogP contribution in [0, 0.1) is 17.8 Å². The zero-order valence-corrected chi connectivity index (χ0v) is 12.7. The van der Waals surface area contributed by atoms with Crippen molar-refractivity contribution in [3.8, 4) is 0 Å². The third-order valence-electron chi connectivity index (χ3n) is 4.67. The Morgan fingerprint density at radius 3 is 2.84 bits per heavy atom. The molecule has 0 amide bonds. The molecule has 1 saturated carbocycles. The van der Waals surface area contributed by atoms with Gasteiger partial charge in [-0.15, -0.1) is 0 Å². The third kappa shape index (κ3) is 4.10. The van der Waals surface area contributed by atoms with E-state index in [0.717, 1.165) is 36.5 Å². The van der Waals surface area contributed by atoms with E-state index < -0.39 is 0 Å². The van der Waals surface area contributed by atoms with Crippen molar-refractivity contribution in [1.29, 1.82) is 0 Å². The first kappa shape index (κ1) is 14.6. The van der Waals surface area contributed by atoms with Gasteiger partial charge in [-0.3, -0.25) is 0 Å². The Balaban J connectivity index is 1.97. The Morgan fingerprint density at radius 2 is 2.21 bits per heavy atom. The van der Waals surface area contributed by atoms with Gasteiger partial charge >= 0.3 is 0 Å². The highest BCUT2D eigenvalue weighted by Crippen LogP contribution is 2.35. The molecule has 1 heterocycles. The van der Waals surface area contributed by atoms with E-state index in [1.807, 2.05) is 6.07 Å². The second-order valence-electron chi connectivity index (χ2n) is 6.42. The molecule has 0 aliphatic heterocycles. The van der Waals surface area contributed by atoms with Gasteiger partial charge in [0.15, 0.2) is 0 Å². The Hall–Kier alpha value is -0.760. The van der Waals surface area contributed by atoms with Crippen LogP contribution < -0.4 is 5.32 Å². The lowest BCUT2D eigenvalue weighted by molar-refractivity contribution is 0.163. The summed E-state index contributed by atoms with van der Waals surface area (Å²) in [5, 5.41) is 3.75. The second kappa shape index (κ2) is 7.14. The van der Waals surface area contributed by atoms with Gasteiger partial charge in [-0.05, 0) is 62.1 Å². The van der Waals surface area contributed by atoms with Crippen LogP contribution in [0.15, 0.2) is 22.8 Å². The molecule has 0 bridgehead atoms. The van der Waals surface area contributed by atoms with E-state index in [1.54, 1.807) is 6.26 Å². The monoisotopic (exact) mass is 263 g/mol. The second-order valence-corrected chi connectivity index (χ2v) is 6.42. The lowest BCUT2D eigenvalue weighted by Gasteiger charge is -2.38. The number of hydrogen-bond acceptors (Lipinski definition) is 2. The van der Waals surface area contributed by atoms with Crippen LogP contribution in [-0.4, -0.2) is 12.6 Å². The summed E-state index contributed by atoms with van der Waals surface area (Å²) >= 11 is 0. The molecule has 1 aliphatic rings. The zero-order chi connectivity index (χ0) is 13.7. The number of rotatable bonds is 6. The predicted molar refractivity (Wildman–Crippen MR) is 80.2 cm³/mol. The van der Waals surface area contributed by atoms with Gasteiger partial charge in [0.2, 0.25) is 0 Å². The summed E-state index contributed by atoms with van der Waals surface area (Å²) in [7, 11) is 0. The maximum Gasteiger partial charge on any atom is 0.104 e. The molecule has 0 saturated heterocycles. The molecule has 0 aromatic carbocycles. The topological polar surface area (TPSA) is 25.2 Å². The predicted octanol–water partition coefficient (Wildman–Crippen LogP) is 4.26. The van der Waals surface area contributed by atoms with Crippen LogP contribution >= 0.6 is 0 Å². The highest BCUT2D eigenvalue weighted by Gasteiger charge is 2.31. The van der Waals surface area contributed by atoms with Gasteiger partial charge in [-0.25, -0.2) is 0 Å². The van der Waals surface area contributed by atoms with Crippen LogP contribution in [0.5, 0.6) is 0 Å². The number of nitrogens with one attached hydrogen (secondary N) is 1. The van der Waals surface area contributed by atoms with E-state index in [-0.39, 0.29) is 0 Å². The van der Waals surface area contributed by atoms with Crippen molar-refractivity contribution in [2.24, 2.45) is 17.8 Å². The summed E-state index contributed by atoms with van der Waals surface area (Å²) in [6.45, 7) is 8.13. The van der Waals surface area contributed by atoms with Crippen LogP contribution in [0.3, 0.4) is 0 Å². The van der Waals surface area contributed by atoms with Gasteiger partial charge in [-0.1, -0.05) is 20.8 Å². The minimum absolute atomic E-state index is 0.681. The quantitative estimate of drug-likeness (QED) is 0.829. The molecule has 1 aromatic rings. The molecule has 2 rings (SSSR count). The molecule has 2 nitrogen and oxygen atoms in total. The minimum atomic E-state index is 0.681. The van der Waals surface area contributed by atoms with Crippen molar-refractivity contribution in [3.63, 3.8) is 0 Å². The Kier molecular flexibility index (Phi) is 5.50. The van der Waals surface area contributed by atoms with Crippen molar-refractivity contribution in [3.05, 3.63) is 24.2 Å². The van der Waals surface area contributed by atoms with Crippen LogP contribution in [-0.2, 0) is 6.42 Å². The van der Waals surface area contributed by atoms with E-state index in [1.165, 1.54) is 25.7 Å². The van der Waals surface area contributed by atoms with Gasteiger partial charge in [0, 0.05) is 12.5 Å². The summed E-state index contributed by atoms with van der Waals surface area (Å²) in [5.74, 6) is 3.59. The molecule has 1 N–H and O–H groups in total. The van der Waals surface area contributed by atoms with E-state index in [2.05, 4.69) is 32.2 Å². The molecular formula is C17H29NO. The lowest BCUT2D eigenvalue weighted by atomic mass is 9.72. The fourth-order valence-electron chi connectivity index (χ4n) is 3.42. The summed E-state index contributed by atoms with van der Waals surface area (Å²) < 4.78 is 5.56. The summed E-state index contributed by atoms with van der Waals surface area (Å²) in [6.07, 6.45) is 8.17. The Bertz CT molecular complexity index is 344. The molecule has 1 aromatic heterocycles. The van der Waals surface area contributed by atoms with Gasteiger partial charge < -0.3 is 9.73 Å². The third-order valence-corrected chi connectivity index (χ3v) is 4.67. The molecule has 1 fully saturated rings. The maximum absolute atomic E-state index is 5.56. The van der Waals surface area contributed by atoms with Gasteiger partial charge in [0.05, 0.1) is 6.26 Å². The highest BCUT2D eigenvalue weighted by atomic mass is 16.3. The summed E-state index contributed by atoms with van der Waals surface area (Å²) in [6, 6.07) is 4.81. The first-order chi connectivity index (χ1) is 9.20. The molecule has 3 atom stereocenters. The SMILES string of the molecule is CCCNC1CCC(C(C)C)CC1Cc1ccco1. The largest absolute Gasteiger partial charge is 0.469 e. The fourth-order valence-corrected chi connectivity index (χ4v) is 3.42. The zero-order valence-electron chi connectivity index (χ0n) is 12.7. The summed E-state index contributed by atoms with van der Waals surface area (Å²) in [5.41, 5.74) is 0. The van der Waals surface area contributed by atoms with Crippen LogP contribution in [0.4, 0.5) is 0 Å². The van der Waals surface area contributed by atoms with E-state index >= 15 is 0 Å². The molecule has 3 unspecified atom stereocenters. The average molecular weight is 263 g/mol. The highest BCUT2D eigenvalue weighted by molar-refractivity contribution is 5.01. The van der Waals surface area contributed by atoms with Crippen LogP contribution in [0.2, 0.25) is 0 Å². The van der Waals surface area contributed by atoms with Crippen molar-refractivity contribution < 1.29 is 4.42 Å². The normalized spacial score (nSPS) is 27.9. The van der Waals surface area contributed by atoms with Crippen LogP contribution in [0.1, 0.15) is 52.2 Å². The van der Waals surface area contributed by atoms with Crippen LogP contribution in [0.25, 0.3) is 0 Å². The van der Waals surface area contributed by atoms with Gasteiger partial charge in [0.25, 0.3) is 0 Å². The summed E-state index contributed by atoms with van der Waals surface area (Å²) in [4.78, 5) is 0. The Labute approximate surface area is 118 Å². The lowest BCUT2D eigenvalue weighted by Crippen LogP contribution is -2.42. The van der Waals surface area contributed by atoms with Crippen molar-refractivity contribution >= 4 is 0 Å². The molecular weight excluding hydrogens is 234 g/mol. The van der Waals surface area contributed by atoms with Crippen molar-refractivity contribution in [1.82, 2.24) is 5.32 Å². The molecule has 1 aliphatic carbocycles. The molecule has 0 spiro atoms. The molecule has 0 radical (unpaired) electrons. The van der Waals surface area contributed by atoms with Crippen molar-refractivity contribution in [2.45, 2.75) is 58.9 Å². The van der Waals surface area contributed by atoms with E-state index in [9.17, 15) is 0 Å². The number of hydrogen-bond donors (Lipinski definition) is 1. The van der Waals surface area contributed by atoms with Gasteiger partial charge in [0.1, 0.15) is 5.76 Å². The minimum Gasteiger partial charge on any atom is -0.469 e.